The largest absolute Gasteiger partial charge is 0.351 e. The van der Waals surface area contributed by atoms with Gasteiger partial charge in [-0.1, -0.05) is 44.7 Å². The Balaban J connectivity index is 1.93. The van der Waals surface area contributed by atoms with Gasteiger partial charge in [0.1, 0.15) is 0 Å². The van der Waals surface area contributed by atoms with Crippen molar-refractivity contribution >= 4 is 5.91 Å². The average molecular weight is 250 g/mol. The summed E-state index contributed by atoms with van der Waals surface area (Å²) in [6.07, 6.45) is 7.14. The molecular weight excluding hydrogens is 228 g/mol. The Morgan fingerprint density at radius 1 is 1.33 bits per heavy atom. The summed E-state index contributed by atoms with van der Waals surface area (Å²) in [4.78, 5) is 12.0. The third-order valence-corrected chi connectivity index (χ3v) is 3.53. The zero-order valence-electron chi connectivity index (χ0n) is 11.2. The first-order valence-corrected chi connectivity index (χ1v) is 6.94. The second kappa shape index (κ2) is 6.03. The van der Waals surface area contributed by atoms with Crippen LogP contribution in [0.5, 0.6) is 0 Å². The van der Waals surface area contributed by atoms with Gasteiger partial charge in [0, 0.05) is 12.1 Å². The van der Waals surface area contributed by atoms with Gasteiger partial charge in [-0.15, -0.1) is 0 Å². The van der Waals surface area contributed by atoms with Gasteiger partial charge < -0.3 is 9.84 Å². The molecule has 1 aliphatic rings. The predicted molar refractivity (Wildman–Crippen MR) is 69.5 cm³/mol. The number of amides is 1. The van der Waals surface area contributed by atoms with E-state index in [0.29, 0.717) is 11.8 Å². The van der Waals surface area contributed by atoms with Gasteiger partial charge in [0.15, 0.2) is 0 Å². The van der Waals surface area contributed by atoms with E-state index in [9.17, 15) is 4.79 Å². The monoisotopic (exact) mass is 250 g/mol. The molecule has 1 saturated carbocycles. The maximum Gasteiger partial charge on any atom is 0.290 e. The fraction of sp³-hybridized carbons (Fsp3) is 0.714. The number of carbonyl (C=O) groups is 1. The lowest BCUT2D eigenvalue weighted by Crippen LogP contribution is -2.34. The Kier molecular flexibility index (Phi) is 4.39. The van der Waals surface area contributed by atoms with Crippen LogP contribution in [-0.2, 0) is 0 Å². The molecule has 1 fully saturated rings. The van der Waals surface area contributed by atoms with Crippen molar-refractivity contribution in [3.8, 4) is 0 Å². The third kappa shape index (κ3) is 3.34. The van der Waals surface area contributed by atoms with Crippen LogP contribution in [0, 0.1) is 0 Å². The smallest absolute Gasteiger partial charge is 0.290 e. The molecule has 1 N–H and O–H groups in total. The number of hydrogen-bond donors (Lipinski definition) is 1. The topological polar surface area (TPSA) is 55.1 Å². The summed E-state index contributed by atoms with van der Waals surface area (Å²) in [5.74, 6) is 0.498. The van der Waals surface area contributed by atoms with E-state index in [4.69, 9.17) is 4.52 Å². The zero-order chi connectivity index (χ0) is 13.0. The third-order valence-electron chi connectivity index (χ3n) is 3.53. The molecule has 0 radical (unpaired) electrons. The number of rotatable bonds is 3. The molecule has 1 amide bonds. The molecule has 0 unspecified atom stereocenters. The van der Waals surface area contributed by atoms with Crippen molar-refractivity contribution in [2.75, 3.05) is 0 Å². The van der Waals surface area contributed by atoms with Crippen LogP contribution in [0.1, 0.15) is 74.5 Å². The van der Waals surface area contributed by atoms with Crippen molar-refractivity contribution in [1.82, 2.24) is 10.5 Å². The van der Waals surface area contributed by atoms with E-state index in [2.05, 4.69) is 10.5 Å². The number of nitrogens with one attached hydrogen (secondary N) is 1. The summed E-state index contributed by atoms with van der Waals surface area (Å²) in [5, 5.41) is 6.97. The van der Waals surface area contributed by atoms with Gasteiger partial charge in [-0.05, 0) is 18.8 Å². The average Bonchev–Trinajstić information content (AvgIpc) is 2.70. The summed E-state index contributed by atoms with van der Waals surface area (Å²) in [6.45, 7) is 4.07. The molecule has 4 heteroatoms. The molecular formula is C14H22N2O2. The lowest BCUT2D eigenvalue weighted by atomic mass is 10.1. The fourth-order valence-corrected chi connectivity index (χ4v) is 2.35. The van der Waals surface area contributed by atoms with Crippen LogP contribution in [0.4, 0.5) is 0 Å². The molecule has 1 heterocycles. The lowest BCUT2D eigenvalue weighted by molar-refractivity contribution is 0.0896. The minimum Gasteiger partial charge on any atom is -0.351 e. The summed E-state index contributed by atoms with van der Waals surface area (Å²) in [5.41, 5.74) is 0.834. The Bertz CT molecular complexity index is 390. The highest BCUT2D eigenvalue weighted by atomic mass is 16.5. The van der Waals surface area contributed by atoms with E-state index in [1.807, 2.05) is 13.8 Å². The van der Waals surface area contributed by atoms with Crippen LogP contribution >= 0.6 is 0 Å². The molecule has 1 aromatic rings. The van der Waals surface area contributed by atoms with E-state index in [-0.39, 0.29) is 11.8 Å². The first-order chi connectivity index (χ1) is 8.66. The van der Waals surface area contributed by atoms with E-state index in [0.717, 1.165) is 18.5 Å². The SMILES string of the molecule is CC(C)c1cc(C(=O)NC2CCCCCC2)on1. The molecule has 18 heavy (non-hydrogen) atoms. The maximum absolute atomic E-state index is 12.0. The molecule has 2 rings (SSSR count). The van der Waals surface area contributed by atoms with Gasteiger partial charge >= 0.3 is 0 Å². The minimum absolute atomic E-state index is 0.124. The normalized spacial score (nSPS) is 17.7. The van der Waals surface area contributed by atoms with Crippen LogP contribution in [-0.4, -0.2) is 17.1 Å². The Labute approximate surface area is 108 Å². The first kappa shape index (κ1) is 13.1. The first-order valence-electron chi connectivity index (χ1n) is 6.94. The van der Waals surface area contributed by atoms with Crippen molar-refractivity contribution in [2.45, 2.75) is 64.3 Å². The van der Waals surface area contributed by atoms with Crippen LogP contribution in [0.25, 0.3) is 0 Å². The highest BCUT2D eigenvalue weighted by Gasteiger charge is 2.19. The van der Waals surface area contributed by atoms with E-state index >= 15 is 0 Å². The van der Waals surface area contributed by atoms with Crippen LogP contribution in [0.3, 0.4) is 0 Å². The summed E-state index contributed by atoms with van der Waals surface area (Å²) in [7, 11) is 0. The van der Waals surface area contributed by atoms with E-state index in [1.165, 1.54) is 25.7 Å². The Morgan fingerprint density at radius 3 is 2.56 bits per heavy atom. The second-order valence-corrected chi connectivity index (χ2v) is 5.43. The quantitative estimate of drug-likeness (QED) is 0.838. The van der Waals surface area contributed by atoms with Crippen molar-refractivity contribution < 1.29 is 9.32 Å². The van der Waals surface area contributed by atoms with Crippen LogP contribution in [0.15, 0.2) is 10.6 Å². The number of aromatic nitrogens is 1. The van der Waals surface area contributed by atoms with Gasteiger partial charge in [0.25, 0.3) is 5.91 Å². The second-order valence-electron chi connectivity index (χ2n) is 5.43. The fourth-order valence-electron chi connectivity index (χ4n) is 2.35. The molecule has 1 aromatic heterocycles. The minimum atomic E-state index is -0.124. The number of hydrogen-bond acceptors (Lipinski definition) is 3. The summed E-state index contributed by atoms with van der Waals surface area (Å²) >= 11 is 0. The van der Waals surface area contributed by atoms with Gasteiger partial charge in [0.05, 0.1) is 5.69 Å². The highest BCUT2D eigenvalue weighted by Crippen LogP contribution is 2.18. The van der Waals surface area contributed by atoms with E-state index < -0.39 is 0 Å². The summed E-state index contributed by atoms with van der Waals surface area (Å²) in [6, 6.07) is 2.05. The molecule has 0 aromatic carbocycles. The molecule has 4 nitrogen and oxygen atoms in total. The molecule has 0 bridgehead atoms. The maximum atomic E-state index is 12.0. The molecule has 0 saturated heterocycles. The molecule has 0 spiro atoms. The molecule has 0 atom stereocenters. The number of nitrogens with zero attached hydrogens (tertiary/aromatic N) is 1. The Morgan fingerprint density at radius 2 is 2.00 bits per heavy atom. The van der Waals surface area contributed by atoms with Crippen LogP contribution in [0.2, 0.25) is 0 Å². The van der Waals surface area contributed by atoms with Crippen molar-refractivity contribution in [3.05, 3.63) is 17.5 Å². The molecule has 100 valence electrons. The van der Waals surface area contributed by atoms with Crippen LogP contribution < -0.4 is 5.32 Å². The molecule has 0 aliphatic heterocycles. The summed E-state index contributed by atoms with van der Waals surface area (Å²) < 4.78 is 5.10. The van der Waals surface area contributed by atoms with Gasteiger partial charge in [0.2, 0.25) is 5.76 Å². The van der Waals surface area contributed by atoms with Gasteiger partial charge in [-0.3, -0.25) is 4.79 Å². The zero-order valence-corrected chi connectivity index (χ0v) is 11.2. The predicted octanol–water partition coefficient (Wildman–Crippen LogP) is 3.25. The van der Waals surface area contributed by atoms with Crippen molar-refractivity contribution in [3.63, 3.8) is 0 Å². The lowest BCUT2D eigenvalue weighted by Gasteiger charge is -2.14. The Hall–Kier alpha value is -1.32. The standard InChI is InChI=1S/C14H22N2O2/c1-10(2)12-9-13(18-16-12)14(17)15-11-7-5-3-4-6-8-11/h9-11H,3-8H2,1-2H3,(H,15,17). The van der Waals surface area contributed by atoms with Crippen molar-refractivity contribution in [2.24, 2.45) is 0 Å². The van der Waals surface area contributed by atoms with Gasteiger partial charge in [-0.2, -0.15) is 0 Å². The molecule has 1 aliphatic carbocycles. The van der Waals surface area contributed by atoms with Gasteiger partial charge in [-0.25, -0.2) is 0 Å². The van der Waals surface area contributed by atoms with E-state index in [1.54, 1.807) is 6.07 Å². The highest BCUT2D eigenvalue weighted by molar-refractivity contribution is 5.91. The number of carbonyl (C=O) groups excluding carboxylic acids is 1. The van der Waals surface area contributed by atoms with Crippen molar-refractivity contribution in [1.29, 1.82) is 0 Å².